The third-order valence-corrected chi connectivity index (χ3v) is 6.48. The molecule has 0 bridgehead atoms. The minimum absolute atomic E-state index is 0.0564. The lowest BCUT2D eigenvalue weighted by Crippen LogP contribution is -2.59. The number of amides is 3. The Morgan fingerprint density at radius 1 is 1.30 bits per heavy atom. The van der Waals surface area contributed by atoms with Gasteiger partial charge >= 0.3 is 0 Å². The molecule has 1 unspecified atom stereocenters. The second kappa shape index (κ2) is 9.48. The molecular weight excluding hydrogens is 426 g/mol. The van der Waals surface area contributed by atoms with E-state index in [0.29, 0.717) is 30.5 Å². The zero-order chi connectivity index (χ0) is 24.5. The van der Waals surface area contributed by atoms with E-state index in [1.807, 2.05) is 27.7 Å². The van der Waals surface area contributed by atoms with Crippen LogP contribution in [0.5, 0.6) is 0 Å². The summed E-state index contributed by atoms with van der Waals surface area (Å²) < 4.78 is 5.89. The average Bonchev–Trinajstić information content (AvgIpc) is 3.42. The van der Waals surface area contributed by atoms with Gasteiger partial charge in [-0.2, -0.15) is 0 Å². The van der Waals surface area contributed by atoms with Gasteiger partial charge in [-0.15, -0.1) is 0 Å². The molecule has 33 heavy (non-hydrogen) atoms. The molecule has 0 spiro atoms. The first-order chi connectivity index (χ1) is 15.5. The van der Waals surface area contributed by atoms with Crippen LogP contribution in [0, 0.1) is 11.8 Å². The molecular formula is C23H33N5O5. The van der Waals surface area contributed by atoms with Crippen molar-refractivity contribution < 1.29 is 23.9 Å². The van der Waals surface area contributed by atoms with Crippen LogP contribution < -0.4 is 16.8 Å². The Morgan fingerprint density at radius 3 is 2.58 bits per heavy atom. The van der Waals surface area contributed by atoms with E-state index < -0.39 is 36.0 Å². The van der Waals surface area contributed by atoms with Gasteiger partial charge < -0.3 is 31.2 Å². The maximum Gasteiger partial charge on any atom is 0.248 e. The van der Waals surface area contributed by atoms with Crippen LogP contribution in [-0.4, -0.2) is 57.9 Å². The first kappa shape index (κ1) is 24.7. The molecule has 6 N–H and O–H groups in total. The highest BCUT2D eigenvalue weighted by Crippen LogP contribution is 2.33. The molecule has 1 aromatic carbocycles. The van der Waals surface area contributed by atoms with Crippen LogP contribution in [-0.2, 0) is 15.1 Å². The molecule has 1 aliphatic heterocycles. The molecule has 1 aromatic heterocycles. The molecule has 1 saturated heterocycles. The van der Waals surface area contributed by atoms with Crippen molar-refractivity contribution in [3.05, 3.63) is 29.7 Å². The maximum atomic E-state index is 13.4. The Hall–Kier alpha value is -2.98. The lowest BCUT2D eigenvalue weighted by atomic mass is 9.86. The molecule has 2 aromatic rings. The van der Waals surface area contributed by atoms with Crippen LogP contribution in [0.3, 0.4) is 0 Å². The Balaban J connectivity index is 1.93. The first-order valence-electron chi connectivity index (χ1n) is 11.2. The van der Waals surface area contributed by atoms with E-state index in [1.165, 1.54) is 17.0 Å². The highest BCUT2D eigenvalue weighted by molar-refractivity contribution is 5.96. The predicted octanol–water partition coefficient (Wildman–Crippen LogP) is 0.861. The number of aliphatic hydroxyl groups excluding tert-OH is 1. The predicted molar refractivity (Wildman–Crippen MR) is 122 cm³/mol. The number of nitrogens with one attached hydrogen (secondary N) is 1. The molecule has 0 aliphatic carbocycles. The molecule has 0 saturated carbocycles. The summed E-state index contributed by atoms with van der Waals surface area (Å²) in [6.07, 6.45) is 1.18. The summed E-state index contributed by atoms with van der Waals surface area (Å²) in [6.45, 7) is 7.35. The first-order valence-corrected chi connectivity index (χ1v) is 11.2. The van der Waals surface area contributed by atoms with Crippen molar-refractivity contribution in [3.63, 3.8) is 0 Å². The number of carbonyl (C=O) groups is 3. The van der Waals surface area contributed by atoms with E-state index in [9.17, 15) is 19.5 Å². The Bertz CT molecular complexity index is 1050. The van der Waals surface area contributed by atoms with Crippen molar-refractivity contribution in [2.75, 3.05) is 13.2 Å². The molecule has 1 aliphatic rings. The second-order valence-electron chi connectivity index (χ2n) is 9.30. The average molecular weight is 460 g/mol. The van der Waals surface area contributed by atoms with E-state index in [1.54, 1.807) is 6.07 Å². The summed E-state index contributed by atoms with van der Waals surface area (Å²) in [7, 11) is 0. The Labute approximate surface area is 192 Å². The molecule has 3 rings (SSSR count). The number of likely N-dealkylation sites (tertiary alicyclic amines) is 1. The molecule has 1 fully saturated rings. The highest BCUT2D eigenvalue weighted by Gasteiger charge is 2.45. The van der Waals surface area contributed by atoms with Gasteiger partial charge in [0.25, 0.3) is 0 Å². The number of nitrogens with two attached hydrogens (primary N) is 2. The van der Waals surface area contributed by atoms with Crippen LogP contribution in [0.15, 0.2) is 22.6 Å². The summed E-state index contributed by atoms with van der Waals surface area (Å²) in [5.41, 5.74) is 11.1. The third-order valence-electron chi connectivity index (χ3n) is 6.48. The second-order valence-corrected chi connectivity index (χ2v) is 9.30. The monoisotopic (exact) mass is 459 g/mol. The molecule has 3 amide bonds. The molecule has 10 nitrogen and oxygen atoms in total. The number of aliphatic hydroxyl groups is 1. The Morgan fingerprint density at radius 2 is 2.00 bits per heavy atom. The fourth-order valence-corrected chi connectivity index (χ4v) is 4.09. The molecule has 3 atom stereocenters. The van der Waals surface area contributed by atoms with E-state index in [4.69, 9.17) is 15.9 Å². The summed E-state index contributed by atoms with van der Waals surface area (Å²) in [4.78, 5) is 43.7. The van der Waals surface area contributed by atoms with Crippen LogP contribution in [0.2, 0.25) is 0 Å². The van der Waals surface area contributed by atoms with Gasteiger partial charge in [0.05, 0.1) is 12.6 Å². The van der Waals surface area contributed by atoms with Crippen LogP contribution >= 0.6 is 0 Å². The number of carbonyl (C=O) groups excluding carboxylic acids is 3. The number of aromatic nitrogens is 1. The summed E-state index contributed by atoms with van der Waals surface area (Å²) >= 11 is 0. The molecule has 0 radical (unpaired) electrons. The number of oxazole rings is 1. The van der Waals surface area contributed by atoms with E-state index in [2.05, 4.69) is 10.3 Å². The van der Waals surface area contributed by atoms with Crippen LogP contribution in [0.1, 0.15) is 56.8 Å². The van der Waals surface area contributed by atoms with Crippen molar-refractivity contribution >= 4 is 28.8 Å². The summed E-state index contributed by atoms with van der Waals surface area (Å²) in [6, 6.07) is 3.20. The Kier molecular flexibility index (Phi) is 7.08. The van der Waals surface area contributed by atoms with Crippen molar-refractivity contribution in [1.82, 2.24) is 15.2 Å². The van der Waals surface area contributed by atoms with Crippen molar-refractivity contribution in [2.24, 2.45) is 23.3 Å². The summed E-state index contributed by atoms with van der Waals surface area (Å²) in [5.74, 6) is -1.52. The zero-order valence-electron chi connectivity index (χ0n) is 19.5. The lowest BCUT2D eigenvalue weighted by Gasteiger charge is -2.36. The smallest absolute Gasteiger partial charge is 0.248 e. The van der Waals surface area contributed by atoms with Gasteiger partial charge in [0.1, 0.15) is 17.1 Å². The van der Waals surface area contributed by atoms with E-state index in [0.717, 1.165) is 0 Å². The van der Waals surface area contributed by atoms with Gasteiger partial charge in [0, 0.05) is 12.1 Å². The van der Waals surface area contributed by atoms with Gasteiger partial charge in [-0.05, 0) is 42.9 Å². The number of primary amides is 1. The largest absolute Gasteiger partial charge is 0.438 e. The quantitative estimate of drug-likeness (QED) is 0.454. The van der Waals surface area contributed by atoms with Crippen LogP contribution in [0.25, 0.3) is 11.1 Å². The van der Waals surface area contributed by atoms with Gasteiger partial charge in [-0.3, -0.25) is 14.4 Å². The van der Waals surface area contributed by atoms with Crippen molar-refractivity contribution in [2.45, 2.75) is 58.2 Å². The van der Waals surface area contributed by atoms with E-state index >= 15 is 0 Å². The number of rotatable bonds is 8. The van der Waals surface area contributed by atoms with Crippen LogP contribution in [0.4, 0.5) is 0 Å². The van der Waals surface area contributed by atoms with Gasteiger partial charge in [0.2, 0.25) is 23.6 Å². The highest BCUT2D eigenvalue weighted by atomic mass is 16.4. The lowest BCUT2D eigenvalue weighted by molar-refractivity contribution is -0.141. The minimum atomic E-state index is -1.33. The SMILES string of the molecule is CC(C)C(N)C(=O)N1CCC[C@H]1C(=O)N[C@@](CO)(c1nc2cc(C(N)=O)ccc2o1)C(C)C. The van der Waals surface area contributed by atoms with Gasteiger partial charge in [-0.1, -0.05) is 27.7 Å². The summed E-state index contributed by atoms with van der Waals surface area (Å²) in [5, 5.41) is 13.3. The molecule has 180 valence electrons. The molecule has 2 heterocycles. The number of hydrogen-bond acceptors (Lipinski definition) is 7. The van der Waals surface area contributed by atoms with Gasteiger partial charge in [-0.25, -0.2) is 4.98 Å². The number of nitrogens with zero attached hydrogens (tertiary/aromatic N) is 2. The van der Waals surface area contributed by atoms with Crippen molar-refractivity contribution in [3.8, 4) is 0 Å². The minimum Gasteiger partial charge on any atom is -0.438 e. The fraction of sp³-hybridized carbons (Fsp3) is 0.565. The van der Waals surface area contributed by atoms with E-state index in [-0.39, 0.29) is 29.2 Å². The maximum absolute atomic E-state index is 13.4. The zero-order valence-corrected chi connectivity index (χ0v) is 19.5. The fourth-order valence-electron chi connectivity index (χ4n) is 4.09. The van der Waals surface area contributed by atoms with Crippen molar-refractivity contribution in [1.29, 1.82) is 0 Å². The standard InChI is InChI=1S/C23H33N5O5/c1-12(2)18(24)21(32)28-9-5-6-16(28)20(31)27-23(11-29,13(3)4)22-26-15-10-14(19(25)30)7-8-17(15)33-22/h7-8,10,12-13,16,18,29H,5-6,9,11,24H2,1-4H3,(H2,25,30)(H,27,31)/t16-,18?,23+/m0/s1. The topological polar surface area (TPSA) is 165 Å². The third kappa shape index (κ3) is 4.58. The number of benzene rings is 1. The number of fused-ring (bicyclic) bond motifs is 1. The normalized spacial score (nSPS) is 19.2. The van der Waals surface area contributed by atoms with Gasteiger partial charge in [0.15, 0.2) is 5.58 Å². The number of hydrogen-bond donors (Lipinski definition) is 4. The molecule has 10 heteroatoms.